The molecule has 0 spiro atoms. The van der Waals surface area contributed by atoms with Gasteiger partial charge in [0, 0.05) is 11.7 Å². The molecule has 1 aliphatic carbocycles. The van der Waals surface area contributed by atoms with Gasteiger partial charge in [0.1, 0.15) is 0 Å². The van der Waals surface area contributed by atoms with Crippen molar-refractivity contribution >= 4 is 5.69 Å². The zero-order valence-electron chi connectivity index (χ0n) is 12.2. The number of hydrogen-bond acceptors (Lipinski definition) is 1. The molecule has 1 nitrogen and oxygen atoms in total. The van der Waals surface area contributed by atoms with Gasteiger partial charge >= 0.3 is 6.18 Å². The highest BCUT2D eigenvalue weighted by Crippen LogP contribution is 2.35. The summed E-state index contributed by atoms with van der Waals surface area (Å²) in [6, 6.07) is 4.19. The number of alkyl halides is 3. The number of aryl methyl sites for hydroxylation is 1. The minimum atomic E-state index is -4.28. The fourth-order valence-corrected chi connectivity index (χ4v) is 2.94. The predicted octanol–water partition coefficient (Wildman–Crippen LogP) is 5.25. The Bertz CT molecular complexity index is 467. The van der Waals surface area contributed by atoms with Gasteiger partial charge < -0.3 is 5.32 Å². The lowest BCUT2D eigenvalue weighted by Gasteiger charge is -2.35. The number of nitrogens with one attached hydrogen (secondary N) is 1. The molecule has 1 aromatic rings. The fourth-order valence-electron chi connectivity index (χ4n) is 2.94. The van der Waals surface area contributed by atoms with Crippen LogP contribution in [0.4, 0.5) is 18.9 Å². The summed E-state index contributed by atoms with van der Waals surface area (Å²) in [7, 11) is 0. The summed E-state index contributed by atoms with van der Waals surface area (Å²) in [4.78, 5) is 0. The van der Waals surface area contributed by atoms with Crippen molar-refractivity contribution < 1.29 is 13.2 Å². The molecule has 20 heavy (non-hydrogen) atoms. The maximum absolute atomic E-state index is 12.8. The van der Waals surface area contributed by atoms with Crippen LogP contribution in [0.25, 0.3) is 0 Å². The number of halogens is 3. The van der Waals surface area contributed by atoms with E-state index in [4.69, 9.17) is 0 Å². The molecule has 3 unspecified atom stereocenters. The molecule has 0 heterocycles. The molecule has 4 heteroatoms. The summed E-state index contributed by atoms with van der Waals surface area (Å²) < 4.78 is 38.4. The van der Waals surface area contributed by atoms with Crippen molar-refractivity contribution in [2.45, 2.75) is 52.3 Å². The smallest absolute Gasteiger partial charge is 0.382 e. The average Bonchev–Trinajstić information content (AvgIpc) is 2.36. The van der Waals surface area contributed by atoms with E-state index in [9.17, 15) is 13.2 Å². The largest absolute Gasteiger partial charge is 0.416 e. The third-order valence-corrected chi connectivity index (χ3v) is 4.61. The van der Waals surface area contributed by atoms with Crippen molar-refractivity contribution in [3.63, 3.8) is 0 Å². The van der Waals surface area contributed by atoms with Crippen molar-refractivity contribution in [2.75, 3.05) is 5.32 Å². The van der Waals surface area contributed by atoms with Gasteiger partial charge in [0.2, 0.25) is 0 Å². The highest BCUT2D eigenvalue weighted by Gasteiger charge is 2.32. The van der Waals surface area contributed by atoms with E-state index in [1.54, 1.807) is 6.07 Å². The molecular weight excluding hydrogens is 263 g/mol. The van der Waals surface area contributed by atoms with E-state index in [1.807, 2.05) is 6.92 Å². The molecule has 112 valence electrons. The maximum atomic E-state index is 12.8. The van der Waals surface area contributed by atoms with Crippen LogP contribution in [0.2, 0.25) is 0 Å². The predicted molar refractivity (Wildman–Crippen MR) is 75.8 cm³/mol. The van der Waals surface area contributed by atoms with Gasteiger partial charge in [-0.1, -0.05) is 32.8 Å². The Hall–Kier alpha value is -1.19. The molecule has 1 fully saturated rings. The van der Waals surface area contributed by atoms with Crippen molar-refractivity contribution in [3.8, 4) is 0 Å². The van der Waals surface area contributed by atoms with Crippen LogP contribution in [0.5, 0.6) is 0 Å². The molecule has 3 atom stereocenters. The standard InChI is InChI=1S/C16H22F3N/c1-10-5-4-6-14(12(10)3)20-15-9-13(16(17,18)19)8-7-11(15)2/h7-10,12,14,20H,4-6H2,1-3H3. The zero-order valence-corrected chi connectivity index (χ0v) is 12.2. The molecule has 1 aliphatic rings. The Morgan fingerprint density at radius 3 is 2.50 bits per heavy atom. The highest BCUT2D eigenvalue weighted by atomic mass is 19.4. The summed E-state index contributed by atoms with van der Waals surface area (Å²) in [6.45, 7) is 6.25. The van der Waals surface area contributed by atoms with Gasteiger partial charge in [-0.15, -0.1) is 0 Å². The minimum absolute atomic E-state index is 0.265. The summed E-state index contributed by atoms with van der Waals surface area (Å²) in [5, 5.41) is 3.34. The Kier molecular flexibility index (Phi) is 4.31. The highest BCUT2D eigenvalue weighted by molar-refractivity contribution is 5.54. The molecule has 0 amide bonds. The summed E-state index contributed by atoms with van der Waals surface area (Å²) in [5.74, 6) is 1.10. The van der Waals surface area contributed by atoms with Gasteiger partial charge in [0.15, 0.2) is 0 Å². The van der Waals surface area contributed by atoms with E-state index in [0.29, 0.717) is 17.5 Å². The van der Waals surface area contributed by atoms with Crippen molar-refractivity contribution in [2.24, 2.45) is 11.8 Å². The lowest BCUT2D eigenvalue weighted by Crippen LogP contribution is -2.35. The van der Waals surface area contributed by atoms with E-state index in [-0.39, 0.29) is 6.04 Å². The lowest BCUT2D eigenvalue weighted by atomic mass is 9.78. The molecule has 2 rings (SSSR count). The van der Waals surface area contributed by atoms with Gasteiger partial charge in [-0.2, -0.15) is 13.2 Å². The van der Waals surface area contributed by atoms with Crippen molar-refractivity contribution in [3.05, 3.63) is 29.3 Å². The first kappa shape index (κ1) is 15.2. The number of hydrogen-bond donors (Lipinski definition) is 1. The Morgan fingerprint density at radius 1 is 1.15 bits per heavy atom. The number of anilines is 1. The lowest BCUT2D eigenvalue weighted by molar-refractivity contribution is -0.137. The van der Waals surface area contributed by atoms with E-state index in [0.717, 1.165) is 24.5 Å². The van der Waals surface area contributed by atoms with Crippen molar-refractivity contribution in [1.29, 1.82) is 0 Å². The van der Waals surface area contributed by atoms with Crippen LogP contribution in [-0.2, 0) is 6.18 Å². The van der Waals surface area contributed by atoms with E-state index in [1.165, 1.54) is 12.5 Å². The second kappa shape index (κ2) is 5.66. The molecule has 0 bridgehead atoms. The monoisotopic (exact) mass is 285 g/mol. The quantitative estimate of drug-likeness (QED) is 0.782. The molecule has 0 aliphatic heterocycles. The first-order valence-corrected chi connectivity index (χ1v) is 7.23. The third kappa shape index (κ3) is 3.28. The molecule has 1 aromatic carbocycles. The molecule has 1 saturated carbocycles. The zero-order chi connectivity index (χ0) is 14.9. The van der Waals surface area contributed by atoms with Gasteiger partial charge in [-0.25, -0.2) is 0 Å². The van der Waals surface area contributed by atoms with Crippen LogP contribution in [-0.4, -0.2) is 6.04 Å². The minimum Gasteiger partial charge on any atom is -0.382 e. The Balaban J connectivity index is 2.20. The van der Waals surface area contributed by atoms with Crippen LogP contribution in [0, 0.1) is 18.8 Å². The third-order valence-electron chi connectivity index (χ3n) is 4.61. The van der Waals surface area contributed by atoms with Crippen LogP contribution < -0.4 is 5.32 Å². The van der Waals surface area contributed by atoms with E-state index in [2.05, 4.69) is 19.2 Å². The van der Waals surface area contributed by atoms with Crippen LogP contribution >= 0.6 is 0 Å². The van der Waals surface area contributed by atoms with E-state index >= 15 is 0 Å². The first-order valence-electron chi connectivity index (χ1n) is 7.23. The van der Waals surface area contributed by atoms with Gasteiger partial charge in [-0.05, 0) is 42.9 Å². The van der Waals surface area contributed by atoms with Gasteiger partial charge in [0.05, 0.1) is 5.56 Å². The Morgan fingerprint density at radius 2 is 1.85 bits per heavy atom. The van der Waals surface area contributed by atoms with Crippen LogP contribution in [0.1, 0.15) is 44.2 Å². The first-order chi connectivity index (χ1) is 9.29. The summed E-state index contributed by atoms with van der Waals surface area (Å²) >= 11 is 0. The SMILES string of the molecule is Cc1ccc(C(F)(F)F)cc1NC1CCCC(C)C1C. The number of benzene rings is 1. The summed E-state index contributed by atoms with van der Waals surface area (Å²) in [6.07, 6.45) is -0.904. The summed E-state index contributed by atoms with van der Waals surface area (Å²) in [5.41, 5.74) is 0.899. The fraction of sp³-hybridized carbons (Fsp3) is 0.625. The van der Waals surface area contributed by atoms with Crippen LogP contribution in [0.15, 0.2) is 18.2 Å². The topological polar surface area (TPSA) is 12.0 Å². The van der Waals surface area contributed by atoms with Crippen LogP contribution in [0.3, 0.4) is 0 Å². The number of rotatable bonds is 2. The van der Waals surface area contributed by atoms with E-state index < -0.39 is 11.7 Å². The second-order valence-corrected chi connectivity index (χ2v) is 6.05. The average molecular weight is 285 g/mol. The molecular formula is C16H22F3N. The molecule has 1 N–H and O–H groups in total. The van der Waals surface area contributed by atoms with Gasteiger partial charge in [-0.3, -0.25) is 0 Å². The molecule has 0 radical (unpaired) electrons. The normalized spacial score (nSPS) is 27.4. The Labute approximate surface area is 118 Å². The van der Waals surface area contributed by atoms with Gasteiger partial charge in [0.25, 0.3) is 0 Å². The van der Waals surface area contributed by atoms with Crippen molar-refractivity contribution in [1.82, 2.24) is 0 Å². The molecule has 0 aromatic heterocycles. The second-order valence-electron chi connectivity index (χ2n) is 6.05. The maximum Gasteiger partial charge on any atom is 0.416 e. The molecule has 0 saturated heterocycles.